The summed E-state index contributed by atoms with van der Waals surface area (Å²) in [6.45, 7) is 0. The predicted octanol–water partition coefficient (Wildman–Crippen LogP) is 2.41. The second-order valence-corrected chi connectivity index (χ2v) is 3.51. The first-order chi connectivity index (χ1) is 7.74. The zero-order chi connectivity index (χ0) is 11.5. The highest BCUT2D eigenvalue weighted by molar-refractivity contribution is 6.32. The summed E-state index contributed by atoms with van der Waals surface area (Å²) >= 11 is 5.99. The van der Waals surface area contributed by atoms with Crippen LogP contribution in [-0.2, 0) is 0 Å². The molecule has 0 bridgehead atoms. The molecule has 0 atom stereocenters. The molecule has 1 aromatic carbocycles. The van der Waals surface area contributed by atoms with Crippen LogP contribution in [0, 0.1) is 11.3 Å². The van der Waals surface area contributed by atoms with Crippen molar-refractivity contribution in [2.24, 2.45) is 0 Å². The number of rotatable bonds is 2. The second kappa shape index (κ2) is 4.25. The van der Waals surface area contributed by atoms with Crippen molar-refractivity contribution < 1.29 is 4.74 Å². The van der Waals surface area contributed by atoms with Gasteiger partial charge >= 0.3 is 0 Å². The summed E-state index contributed by atoms with van der Waals surface area (Å²) < 4.78 is 6.64. The average Bonchev–Trinajstić information content (AvgIpc) is 2.77. The fourth-order valence-electron chi connectivity index (χ4n) is 1.32. The Balaban J connectivity index is 2.42. The number of hydrogen-bond acceptors (Lipinski definition) is 3. The van der Waals surface area contributed by atoms with Crippen LogP contribution in [0.5, 0.6) is 5.75 Å². The molecule has 0 radical (unpaired) electrons. The lowest BCUT2D eigenvalue weighted by atomic mass is 10.3. The minimum absolute atomic E-state index is 0.506. The third kappa shape index (κ3) is 1.86. The SMILES string of the molecule is COc1ccc(-n2cc(C#N)cn2)cc1Cl. The fraction of sp³-hybridized carbons (Fsp3) is 0.0909. The highest BCUT2D eigenvalue weighted by atomic mass is 35.5. The first-order valence-corrected chi connectivity index (χ1v) is 4.91. The average molecular weight is 234 g/mol. The van der Waals surface area contributed by atoms with Gasteiger partial charge in [0.2, 0.25) is 0 Å². The molecule has 16 heavy (non-hydrogen) atoms. The third-order valence-electron chi connectivity index (χ3n) is 2.11. The van der Waals surface area contributed by atoms with E-state index in [4.69, 9.17) is 21.6 Å². The fourth-order valence-corrected chi connectivity index (χ4v) is 1.57. The molecule has 0 N–H and O–H groups in total. The van der Waals surface area contributed by atoms with E-state index >= 15 is 0 Å². The number of halogens is 1. The molecule has 0 aliphatic heterocycles. The Labute approximate surface area is 97.6 Å². The number of methoxy groups -OCH3 is 1. The van der Waals surface area contributed by atoms with Crippen LogP contribution in [-0.4, -0.2) is 16.9 Å². The zero-order valence-electron chi connectivity index (χ0n) is 8.51. The lowest BCUT2D eigenvalue weighted by molar-refractivity contribution is 0.415. The van der Waals surface area contributed by atoms with E-state index in [1.807, 2.05) is 12.1 Å². The van der Waals surface area contributed by atoms with Crippen LogP contribution in [0.25, 0.3) is 5.69 Å². The van der Waals surface area contributed by atoms with Crippen LogP contribution in [0.4, 0.5) is 0 Å². The number of nitriles is 1. The van der Waals surface area contributed by atoms with E-state index in [0.717, 1.165) is 5.69 Å². The van der Waals surface area contributed by atoms with Crippen LogP contribution in [0.15, 0.2) is 30.6 Å². The molecule has 0 aliphatic rings. The smallest absolute Gasteiger partial charge is 0.137 e. The van der Waals surface area contributed by atoms with Gasteiger partial charge in [-0.15, -0.1) is 0 Å². The summed E-state index contributed by atoms with van der Waals surface area (Å²) in [6.07, 6.45) is 3.14. The summed E-state index contributed by atoms with van der Waals surface area (Å²) in [4.78, 5) is 0. The van der Waals surface area contributed by atoms with Gasteiger partial charge in [-0.1, -0.05) is 11.6 Å². The maximum Gasteiger partial charge on any atom is 0.137 e. The van der Waals surface area contributed by atoms with E-state index in [9.17, 15) is 0 Å². The van der Waals surface area contributed by atoms with Gasteiger partial charge in [0.25, 0.3) is 0 Å². The van der Waals surface area contributed by atoms with Gasteiger partial charge in [0, 0.05) is 6.20 Å². The van der Waals surface area contributed by atoms with Crippen molar-refractivity contribution in [2.45, 2.75) is 0 Å². The summed E-state index contributed by atoms with van der Waals surface area (Å²) in [5.74, 6) is 0.609. The zero-order valence-corrected chi connectivity index (χ0v) is 9.27. The lowest BCUT2D eigenvalue weighted by Gasteiger charge is -2.05. The van der Waals surface area contributed by atoms with Gasteiger partial charge in [-0.2, -0.15) is 10.4 Å². The van der Waals surface area contributed by atoms with Crippen molar-refractivity contribution in [1.29, 1.82) is 5.26 Å². The molecular weight excluding hydrogens is 226 g/mol. The number of nitrogens with zero attached hydrogens (tertiary/aromatic N) is 3. The largest absolute Gasteiger partial charge is 0.495 e. The monoisotopic (exact) mass is 233 g/mol. The van der Waals surface area contributed by atoms with Crippen LogP contribution in [0.2, 0.25) is 5.02 Å². The third-order valence-corrected chi connectivity index (χ3v) is 2.41. The highest BCUT2D eigenvalue weighted by Crippen LogP contribution is 2.26. The van der Waals surface area contributed by atoms with E-state index in [1.165, 1.54) is 6.20 Å². The molecule has 0 spiro atoms. The van der Waals surface area contributed by atoms with E-state index < -0.39 is 0 Å². The maximum atomic E-state index is 8.69. The molecule has 1 aromatic heterocycles. The first kappa shape index (κ1) is 10.5. The minimum Gasteiger partial charge on any atom is -0.495 e. The molecule has 1 heterocycles. The van der Waals surface area contributed by atoms with Crippen molar-refractivity contribution in [2.75, 3.05) is 7.11 Å². The van der Waals surface area contributed by atoms with E-state index in [0.29, 0.717) is 16.3 Å². The second-order valence-electron chi connectivity index (χ2n) is 3.10. The molecule has 80 valence electrons. The molecule has 0 saturated heterocycles. The lowest BCUT2D eigenvalue weighted by Crippen LogP contribution is -1.94. The Morgan fingerprint density at radius 3 is 2.88 bits per heavy atom. The van der Waals surface area contributed by atoms with Crippen molar-refractivity contribution in [1.82, 2.24) is 9.78 Å². The van der Waals surface area contributed by atoms with E-state index in [1.54, 1.807) is 30.1 Å². The van der Waals surface area contributed by atoms with Crippen LogP contribution in [0.3, 0.4) is 0 Å². The van der Waals surface area contributed by atoms with Crippen molar-refractivity contribution >= 4 is 11.6 Å². The van der Waals surface area contributed by atoms with Gasteiger partial charge in [0.1, 0.15) is 11.8 Å². The number of benzene rings is 1. The van der Waals surface area contributed by atoms with Gasteiger partial charge < -0.3 is 4.74 Å². The highest BCUT2D eigenvalue weighted by Gasteiger charge is 2.04. The van der Waals surface area contributed by atoms with Gasteiger partial charge in [-0.25, -0.2) is 4.68 Å². The van der Waals surface area contributed by atoms with Gasteiger partial charge in [0.05, 0.1) is 29.6 Å². The number of ether oxygens (including phenoxy) is 1. The predicted molar refractivity (Wildman–Crippen MR) is 59.8 cm³/mol. The van der Waals surface area contributed by atoms with Crippen LogP contribution >= 0.6 is 11.6 Å². The molecular formula is C11H8ClN3O. The summed E-state index contributed by atoms with van der Waals surface area (Å²) in [7, 11) is 1.56. The standard InChI is InChI=1S/C11H8ClN3O/c1-16-11-3-2-9(4-10(11)12)15-7-8(5-13)6-14-15/h2-4,6-7H,1H3. The molecule has 0 fully saturated rings. The number of aromatic nitrogens is 2. The molecule has 0 unspecified atom stereocenters. The number of hydrogen-bond donors (Lipinski definition) is 0. The van der Waals surface area contributed by atoms with E-state index in [-0.39, 0.29) is 0 Å². The van der Waals surface area contributed by atoms with Crippen LogP contribution in [0.1, 0.15) is 5.56 Å². The molecule has 0 amide bonds. The van der Waals surface area contributed by atoms with Gasteiger partial charge in [-0.3, -0.25) is 0 Å². The minimum atomic E-state index is 0.506. The summed E-state index contributed by atoms with van der Waals surface area (Å²) in [6, 6.07) is 7.32. The van der Waals surface area contributed by atoms with E-state index in [2.05, 4.69) is 5.10 Å². The Kier molecular flexibility index (Phi) is 2.80. The van der Waals surface area contributed by atoms with Crippen molar-refractivity contribution in [3.05, 3.63) is 41.2 Å². The first-order valence-electron chi connectivity index (χ1n) is 4.53. The summed E-state index contributed by atoms with van der Waals surface area (Å²) in [5.41, 5.74) is 1.29. The maximum absolute atomic E-state index is 8.69. The molecule has 0 saturated carbocycles. The Hall–Kier alpha value is -1.99. The van der Waals surface area contributed by atoms with Crippen molar-refractivity contribution in [3.63, 3.8) is 0 Å². The normalized spacial score (nSPS) is 9.81. The van der Waals surface area contributed by atoms with Crippen LogP contribution < -0.4 is 4.74 Å². The van der Waals surface area contributed by atoms with Gasteiger partial charge in [-0.05, 0) is 18.2 Å². The Bertz CT molecular complexity index is 557. The summed E-state index contributed by atoms with van der Waals surface area (Å²) in [5, 5.41) is 13.2. The molecule has 2 rings (SSSR count). The quantitative estimate of drug-likeness (QED) is 0.800. The Morgan fingerprint density at radius 1 is 1.50 bits per heavy atom. The van der Waals surface area contributed by atoms with Crippen molar-refractivity contribution in [3.8, 4) is 17.5 Å². The molecule has 4 nitrogen and oxygen atoms in total. The topological polar surface area (TPSA) is 50.8 Å². The molecule has 2 aromatic rings. The Morgan fingerprint density at radius 2 is 2.31 bits per heavy atom. The molecule has 0 aliphatic carbocycles. The molecule has 5 heteroatoms. The van der Waals surface area contributed by atoms with Gasteiger partial charge in [0.15, 0.2) is 0 Å².